The Kier molecular flexibility index (Phi) is 1.74. The molecule has 2 atom stereocenters. The van der Waals surface area contributed by atoms with E-state index in [2.05, 4.69) is 13.8 Å². The van der Waals surface area contributed by atoms with Crippen molar-refractivity contribution in [3.05, 3.63) is 0 Å². The molecule has 0 bridgehead atoms. The summed E-state index contributed by atoms with van der Waals surface area (Å²) in [5.74, 6) is 2.01. The minimum atomic E-state index is 0.832. The van der Waals surface area contributed by atoms with E-state index >= 15 is 0 Å². The summed E-state index contributed by atoms with van der Waals surface area (Å²) in [4.78, 5) is 0. The van der Waals surface area contributed by atoms with Crippen molar-refractivity contribution in [1.82, 2.24) is 0 Å². The third-order valence-electron chi connectivity index (χ3n) is 4.15. The SMILES string of the molecule is C[C@H]1CC2(CCCC2)C[C@@H]1C. The van der Waals surface area contributed by atoms with Crippen molar-refractivity contribution in [3.63, 3.8) is 0 Å². The number of hydrogen-bond acceptors (Lipinski definition) is 0. The highest BCUT2D eigenvalue weighted by Crippen LogP contribution is 2.54. The third kappa shape index (κ3) is 1.21. The van der Waals surface area contributed by atoms with E-state index in [1.165, 1.54) is 25.7 Å². The maximum atomic E-state index is 2.44. The van der Waals surface area contributed by atoms with E-state index in [0.717, 1.165) is 17.3 Å². The van der Waals surface area contributed by atoms with Crippen LogP contribution in [0.3, 0.4) is 0 Å². The van der Waals surface area contributed by atoms with Gasteiger partial charge in [-0.15, -0.1) is 0 Å². The zero-order valence-corrected chi connectivity index (χ0v) is 7.90. The van der Waals surface area contributed by atoms with Gasteiger partial charge in [-0.3, -0.25) is 0 Å². The molecule has 64 valence electrons. The molecule has 0 aromatic carbocycles. The molecule has 2 aliphatic rings. The molecule has 0 amide bonds. The second-order valence-corrected chi connectivity index (χ2v) is 5.07. The fourth-order valence-electron chi connectivity index (χ4n) is 3.38. The van der Waals surface area contributed by atoms with E-state index in [0.29, 0.717) is 0 Å². The molecule has 0 aromatic rings. The first-order chi connectivity index (χ1) is 5.22. The molecule has 0 aromatic heterocycles. The average molecular weight is 152 g/mol. The van der Waals surface area contributed by atoms with Crippen LogP contribution in [0.25, 0.3) is 0 Å². The van der Waals surface area contributed by atoms with Crippen molar-refractivity contribution in [1.29, 1.82) is 0 Å². The summed E-state index contributed by atoms with van der Waals surface area (Å²) in [5.41, 5.74) is 0.832. The molecule has 0 saturated heterocycles. The fourth-order valence-corrected chi connectivity index (χ4v) is 3.38. The molecule has 2 rings (SSSR count). The lowest BCUT2D eigenvalue weighted by Gasteiger charge is -2.22. The fraction of sp³-hybridized carbons (Fsp3) is 1.00. The molecule has 0 heteroatoms. The maximum absolute atomic E-state index is 2.44. The molecule has 0 heterocycles. The predicted molar refractivity (Wildman–Crippen MR) is 48.5 cm³/mol. The van der Waals surface area contributed by atoms with Gasteiger partial charge in [0.15, 0.2) is 0 Å². The van der Waals surface area contributed by atoms with Crippen LogP contribution < -0.4 is 0 Å². The molecular formula is C11H20. The van der Waals surface area contributed by atoms with Gasteiger partial charge < -0.3 is 0 Å². The van der Waals surface area contributed by atoms with Crippen LogP contribution in [-0.4, -0.2) is 0 Å². The third-order valence-corrected chi connectivity index (χ3v) is 4.15. The van der Waals surface area contributed by atoms with Crippen LogP contribution in [0.4, 0.5) is 0 Å². The van der Waals surface area contributed by atoms with Crippen molar-refractivity contribution in [3.8, 4) is 0 Å². The first-order valence-corrected chi connectivity index (χ1v) is 5.22. The lowest BCUT2D eigenvalue weighted by Crippen LogP contribution is -2.10. The van der Waals surface area contributed by atoms with Gasteiger partial charge in [0, 0.05) is 0 Å². The van der Waals surface area contributed by atoms with E-state index in [1.54, 1.807) is 12.8 Å². The quantitative estimate of drug-likeness (QED) is 0.497. The van der Waals surface area contributed by atoms with Gasteiger partial charge in [-0.05, 0) is 42.9 Å². The largest absolute Gasteiger partial charge is 0.0622 e. The molecule has 0 aliphatic heterocycles. The molecule has 2 aliphatic carbocycles. The van der Waals surface area contributed by atoms with Gasteiger partial charge in [0.2, 0.25) is 0 Å². The molecule has 0 radical (unpaired) electrons. The summed E-state index contributed by atoms with van der Waals surface area (Å²) in [6.07, 6.45) is 9.19. The van der Waals surface area contributed by atoms with E-state index in [9.17, 15) is 0 Å². The van der Waals surface area contributed by atoms with Crippen molar-refractivity contribution in [2.45, 2.75) is 52.4 Å². The molecular weight excluding hydrogens is 132 g/mol. The van der Waals surface area contributed by atoms with Crippen molar-refractivity contribution in [2.24, 2.45) is 17.3 Å². The summed E-state index contributed by atoms with van der Waals surface area (Å²) in [7, 11) is 0. The standard InChI is InChI=1S/C11H20/c1-9-7-11(8-10(9)2)5-3-4-6-11/h9-10H,3-8H2,1-2H3/t9-,10-/m0/s1. The molecule has 2 fully saturated rings. The Labute approximate surface area is 70.4 Å². The average Bonchev–Trinajstić information content (AvgIpc) is 2.46. The smallest absolute Gasteiger partial charge is 0.0292 e. The number of rotatable bonds is 0. The normalized spacial score (nSPS) is 42.0. The lowest BCUT2D eigenvalue weighted by atomic mass is 9.83. The minimum Gasteiger partial charge on any atom is -0.0622 e. The first-order valence-electron chi connectivity index (χ1n) is 5.22. The van der Waals surface area contributed by atoms with Crippen LogP contribution in [0.2, 0.25) is 0 Å². The van der Waals surface area contributed by atoms with E-state index < -0.39 is 0 Å². The Balaban J connectivity index is 2.06. The zero-order chi connectivity index (χ0) is 7.90. The van der Waals surface area contributed by atoms with E-state index in [-0.39, 0.29) is 0 Å². The van der Waals surface area contributed by atoms with E-state index in [4.69, 9.17) is 0 Å². The molecule has 11 heavy (non-hydrogen) atoms. The Bertz CT molecular complexity index is 130. The van der Waals surface area contributed by atoms with Gasteiger partial charge in [-0.1, -0.05) is 26.7 Å². The molecule has 0 N–H and O–H groups in total. The van der Waals surface area contributed by atoms with Crippen LogP contribution >= 0.6 is 0 Å². The Morgan fingerprint density at radius 3 is 1.82 bits per heavy atom. The van der Waals surface area contributed by atoms with Crippen LogP contribution in [0.15, 0.2) is 0 Å². The topological polar surface area (TPSA) is 0 Å². The van der Waals surface area contributed by atoms with Gasteiger partial charge in [0.05, 0.1) is 0 Å². The summed E-state index contributed by atoms with van der Waals surface area (Å²) in [6.45, 7) is 4.88. The highest BCUT2D eigenvalue weighted by atomic mass is 14.5. The zero-order valence-electron chi connectivity index (χ0n) is 7.90. The first kappa shape index (κ1) is 7.64. The summed E-state index contributed by atoms with van der Waals surface area (Å²) in [6, 6.07) is 0. The Hall–Kier alpha value is 0. The van der Waals surface area contributed by atoms with Crippen molar-refractivity contribution in [2.75, 3.05) is 0 Å². The van der Waals surface area contributed by atoms with Crippen LogP contribution in [0.1, 0.15) is 52.4 Å². The second kappa shape index (κ2) is 2.50. The monoisotopic (exact) mass is 152 g/mol. The summed E-state index contributed by atoms with van der Waals surface area (Å²) < 4.78 is 0. The van der Waals surface area contributed by atoms with Gasteiger partial charge in [0.25, 0.3) is 0 Å². The highest BCUT2D eigenvalue weighted by molar-refractivity contribution is 4.93. The Morgan fingerprint density at radius 1 is 0.909 bits per heavy atom. The molecule has 0 nitrogen and oxygen atoms in total. The van der Waals surface area contributed by atoms with Crippen LogP contribution in [-0.2, 0) is 0 Å². The Morgan fingerprint density at radius 2 is 1.36 bits per heavy atom. The minimum absolute atomic E-state index is 0.832. The van der Waals surface area contributed by atoms with Crippen molar-refractivity contribution >= 4 is 0 Å². The number of hydrogen-bond donors (Lipinski definition) is 0. The van der Waals surface area contributed by atoms with Crippen molar-refractivity contribution < 1.29 is 0 Å². The van der Waals surface area contributed by atoms with Gasteiger partial charge in [-0.2, -0.15) is 0 Å². The van der Waals surface area contributed by atoms with E-state index in [1.807, 2.05) is 0 Å². The van der Waals surface area contributed by atoms with Crippen LogP contribution in [0, 0.1) is 17.3 Å². The second-order valence-electron chi connectivity index (χ2n) is 5.07. The molecule has 2 saturated carbocycles. The van der Waals surface area contributed by atoms with Gasteiger partial charge >= 0.3 is 0 Å². The van der Waals surface area contributed by atoms with Gasteiger partial charge in [-0.25, -0.2) is 0 Å². The summed E-state index contributed by atoms with van der Waals surface area (Å²) in [5, 5.41) is 0. The molecule has 1 spiro atoms. The predicted octanol–water partition coefficient (Wildman–Crippen LogP) is 3.61. The lowest BCUT2D eigenvalue weighted by molar-refractivity contribution is 0.294. The van der Waals surface area contributed by atoms with Gasteiger partial charge in [0.1, 0.15) is 0 Å². The summed E-state index contributed by atoms with van der Waals surface area (Å²) >= 11 is 0. The van der Waals surface area contributed by atoms with Crippen LogP contribution in [0.5, 0.6) is 0 Å². The maximum Gasteiger partial charge on any atom is -0.0292 e. The highest BCUT2D eigenvalue weighted by Gasteiger charge is 2.42. The molecule has 0 unspecified atom stereocenters.